The van der Waals surface area contributed by atoms with Gasteiger partial charge in [0, 0.05) is 12.1 Å². The van der Waals surface area contributed by atoms with Gasteiger partial charge in [0.2, 0.25) is 0 Å². The predicted octanol–water partition coefficient (Wildman–Crippen LogP) is 2.19. The second-order valence-electron chi connectivity index (χ2n) is 5.60. The Bertz CT molecular complexity index is 756. The van der Waals surface area contributed by atoms with Crippen molar-refractivity contribution >= 4 is 6.09 Å². The number of aliphatic hydroxyl groups excluding tert-OH is 2. The molecule has 0 heterocycles. The van der Waals surface area contributed by atoms with Gasteiger partial charge in [0.1, 0.15) is 18.8 Å². The summed E-state index contributed by atoms with van der Waals surface area (Å²) >= 11 is 0. The zero-order chi connectivity index (χ0) is 18.2. The summed E-state index contributed by atoms with van der Waals surface area (Å²) in [5.41, 5.74) is 2.18. The molecule has 1 amide bonds. The van der Waals surface area contributed by atoms with Crippen molar-refractivity contribution in [3.63, 3.8) is 0 Å². The summed E-state index contributed by atoms with van der Waals surface area (Å²) in [5, 5.41) is 32.0. The summed E-state index contributed by atoms with van der Waals surface area (Å²) in [4.78, 5) is 11.7. The monoisotopic (exact) mass is 340 g/mol. The van der Waals surface area contributed by atoms with Gasteiger partial charge in [-0.3, -0.25) is 0 Å². The maximum atomic E-state index is 11.7. The van der Waals surface area contributed by atoms with Crippen molar-refractivity contribution in [2.75, 3.05) is 6.54 Å². The molecule has 0 saturated carbocycles. The van der Waals surface area contributed by atoms with Gasteiger partial charge in [-0.05, 0) is 24.1 Å². The Balaban J connectivity index is 1.88. The SMILES string of the molecule is Cc1cccc(C#N)c1C(O)C(O)CNC(=O)OCc1ccccc1. The van der Waals surface area contributed by atoms with Gasteiger partial charge in [-0.15, -0.1) is 0 Å². The summed E-state index contributed by atoms with van der Waals surface area (Å²) in [6, 6.07) is 16.2. The van der Waals surface area contributed by atoms with Crippen LogP contribution in [0.5, 0.6) is 0 Å². The van der Waals surface area contributed by atoms with Crippen molar-refractivity contribution in [1.82, 2.24) is 5.32 Å². The van der Waals surface area contributed by atoms with Gasteiger partial charge in [0.05, 0.1) is 11.6 Å². The van der Waals surface area contributed by atoms with E-state index in [1.165, 1.54) is 0 Å². The molecule has 0 spiro atoms. The summed E-state index contributed by atoms with van der Waals surface area (Å²) in [7, 11) is 0. The van der Waals surface area contributed by atoms with Gasteiger partial charge in [0.15, 0.2) is 0 Å². The van der Waals surface area contributed by atoms with Crippen molar-refractivity contribution in [2.24, 2.45) is 0 Å². The number of carbonyl (C=O) groups excluding carboxylic acids is 1. The van der Waals surface area contributed by atoms with Crippen LogP contribution in [0.15, 0.2) is 48.5 Å². The smallest absolute Gasteiger partial charge is 0.407 e. The van der Waals surface area contributed by atoms with E-state index < -0.39 is 18.3 Å². The normalized spacial score (nSPS) is 12.7. The minimum atomic E-state index is -1.29. The molecule has 0 radical (unpaired) electrons. The molecular formula is C19H20N2O4. The zero-order valence-electron chi connectivity index (χ0n) is 13.8. The molecule has 0 aromatic heterocycles. The molecule has 6 heteroatoms. The number of nitriles is 1. The molecule has 2 aromatic carbocycles. The van der Waals surface area contributed by atoms with Crippen molar-refractivity contribution in [1.29, 1.82) is 5.26 Å². The average molecular weight is 340 g/mol. The van der Waals surface area contributed by atoms with Gasteiger partial charge >= 0.3 is 6.09 Å². The molecule has 2 rings (SSSR count). The summed E-state index contributed by atoms with van der Waals surface area (Å²) < 4.78 is 5.04. The number of rotatable bonds is 6. The number of nitrogens with zero attached hydrogens (tertiary/aromatic N) is 1. The molecule has 2 atom stereocenters. The maximum absolute atomic E-state index is 11.7. The minimum Gasteiger partial charge on any atom is -0.445 e. The second kappa shape index (κ2) is 8.83. The maximum Gasteiger partial charge on any atom is 0.407 e. The van der Waals surface area contributed by atoms with Crippen LogP contribution >= 0.6 is 0 Å². The van der Waals surface area contributed by atoms with E-state index in [4.69, 9.17) is 10.00 Å². The fourth-order valence-electron chi connectivity index (χ4n) is 2.44. The quantitative estimate of drug-likeness (QED) is 0.748. The van der Waals surface area contributed by atoms with E-state index in [1.54, 1.807) is 25.1 Å². The zero-order valence-corrected chi connectivity index (χ0v) is 13.8. The molecule has 0 aliphatic carbocycles. The van der Waals surface area contributed by atoms with Crippen molar-refractivity contribution in [3.05, 3.63) is 70.8 Å². The van der Waals surface area contributed by atoms with Crippen LogP contribution in [0.2, 0.25) is 0 Å². The van der Waals surface area contributed by atoms with E-state index in [0.717, 1.165) is 5.56 Å². The van der Waals surface area contributed by atoms with Crippen LogP contribution in [-0.2, 0) is 11.3 Å². The third kappa shape index (κ3) is 5.05. The van der Waals surface area contributed by atoms with E-state index in [9.17, 15) is 15.0 Å². The molecule has 0 bridgehead atoms. The lowest BCUT2D eigenvalue weighted by atomic mass is 9.94. The van der Waals surface area contributed by atoms with Crippen LogP contribution in [0, 0.1) is 18.3 Å². The first-order valence-corrected chi connectivity index (χ1v) is 7.83. The number of alkyl carbamates (subject to hydrolysis) is 1. The molecule has 2 aromatic rings. The van der Waals surface area contributed by atoms with Crippen molar-refractivity contribution < 1.29 is 19.7 Å². The van der Waals surface area contributed by atoms with Crippen LogP contribution in [0.1, 0.15) is 28.4 Å². The Labute approximate surface area is 146 Å². The Morgan fingerprint density at radius 2 is 1.92 bits per heavy atom. The fraction of sp³-hybridized carbons (Fsp3) is 0.263. The number of ether oxygens (including phenoxy) is 1. The summed E-state index contributed by atoms with van der Waals surface area (Å²) in [6.45, 7) is 1.66. The topological polar surface area (TPSA) is 103 Å². The third-order valence-corrected chi connectivity index (χ3v) is 3.77. The Kier molecular flexibility index (Phi) is 6.52. The largest absolute Gasteiger partial charge is 0.445 e. The first-order chi connectivity index (χ1) is 12.0. The summed E-state index contributed by atoms with van der Waals surface area (Å²) in [5.74, 6) is 0. The molecule has 3 N–H and O–H groups in total. The van der Waals surface area contributed by atoms with E-state index in [2.05, 4.69) is 5.32 Å². The van der Waals surface area contributed by atoms with Crippen molar-refractivity contribution in [3.8, 4) is 6.07 Å². The van der Waals surface area contributed by atoms with Gasteiger partial charge < -0.3 is 20.3 Å². The lowest BCUT2D eigenvalue weighted by Crippen LogP contribution is -2.36. The molecule has 25 heavy (non-hydrogen) atoms. The highest BCUT2D eigenvalue weighted by Crippen LogP contribution is 2.24. The lowest BCUT2D eigenvalue weighted by molar-refractivity contribution is 0.0179. The molecule has 0 aliphatic rings. The summed E-state index contributed by atoms with van der Waals surface area (Å²) in [6.07, 6.45) is -3.25. The first-order valence-electron chi connectivity index (χ1n) is 7.83. The molecule has 2 unspecified atom stereocenters. The molecular weight excluding hydrogens is 320 g/mol. The predicted molar refractivity (Wildman–Crippen MR) is 91.5 cm³/mol. The van der Waals surface area contributed by atoms with Crippen LogP contribution in [0.25, 0.3) is 0 Å². The van der Waals surface area contributed by atoms with Gasteiger partial charge in [-0.25, -0.2) is 4.79 Å². The number of hydrogen-bond acceptors (Lipinski definition) is 5. The van der Waals surface area contributed by atoms with Gasteiger partial charge in [-0.1, -0.05) is 42.5 Å². The van der Waals surface area contributed by atoms with Crippen LogP contribution in [-0.4, -0.2) is 29.0 Å². The highest BCUT2D eigenvalue weighted by molar-refractivity contribution is 5.67. The van der Waals surface area contributed by atoms with E-state index in [1.807, 2.05) is 36.4 Å². The number of benzene rings is 2. The number of amides is 1. The number of aryl methyl sites for hydroxylation is 1. The molecule has 0 saturated heterocycles. The van der Waals surface area contributed by atoms with Gasteiger partial charge in [0.25, 0.3) is 0 Å². The number of nitrogens with one attached hydrogen (secondary N) is 1. The number of hydrogen-bond donors (Lipinski definition) is 3. The Hall–Kier alpha value is -2.88. The minimum absolute atomic E-state index is 0.113. The molecule has 6 nitrogen and oxygen atoms in total. The van der Waals surface area contributed by atoms with Crippen LogP contribution in [0.4, 0.5) is 4.79 Å². The Morgan fingerprint density at radius 3 is 2.60 bits per heavy atom. The van der Waals surface area contributed by atoms with Crippen LogP contribution < -0.4 is 5.32 Å². The molecule has 0 aliphatic heterocycles. The molecule has 130 valence electrons. The van der Waals surface area contributed by atoms with E-state index in [0.29, 0.717) is 16.7 Å². The van der Waals surface area contributed by atoms with Gasteiger partial charge in [-0.2, -0.15) is 5.26 Å². The van der Waals surface area contributed by atoms with E-state index >= 15 is 0 Å². The first kappa shape index (κ1) is 18.5. The van der Waals surface area contributed by atoms with Crippen LogP contribution in [0.3, 0.4) is 0 Å². The standard InChI is InChI=1S/C19H20N2O4/c1-13-6-5-9-15(10-20)17(13)18(23)16(22)11-21-19(24)25-12-14-7-3-2-4-8-14/h2-9,16,18,22-23H,11-12H2,1H3,(H,21,24). The highest BCUT2D eigenvalue weighted by atomic mass is 16.5. The lowest BCUT2D eigenvalue weighted by Gasteiger charge is -2.21. The van der Waals surface area contributed by atoms with E-state index in [-0.39, 0.29) is 13.2 Å². The highest BCUT2D eigenvalue weighted by Gasteiger charge is 2.23. The third-order valence-electron chi connectivity index (χ3n) is 3.77. The van der Waals surface area contributed by atoms with Crippen molar-refractivity contribution in [2.45, 2.75) is 25.7 Å². The number of carbonyl (C=O) groups is 1. The fourth-order valence-corrected chi connectivity index (χ4v) is 2.44. The Morgan fingerprint density at radius 1 is 1.20 bits per heavy atom. The average Bonchev–Trinajstić information content (AvgIpc) is 2.64. The second-order valence-corrected chi connectivity index (χ2v) is 5.60. The molecule has 0 fully saturated rings. The number of aliphatic hydroxyl groups is 2.